The number of anilines is 1. The number of halogens is 1. The lowest BCUT2D eigenvalue weighted by atomic mass is 10.1. The first-order valence-electron chi connectivity index (χ1n) is 6.37. The third kappa shape index (κ3) is 3.63. The van der Waals surface area contributed by atoms with Crippen molar-refractivity contribution in [3.05, 3.63) is 40.9 Å². The van der Waals surface area contributed by atoms with E-state index < -0.39 is 0 Å². The van der Waals surface area contributed by atoms with Crippen molar-refractivity contribution in [3.8, 4) is 11.3 Å². The molecule has 0 fully saturated rings. The molecule has 1 heterocycles. The fourth-order valence-corrected chi connectivity index (χ4v) is 2.27. The maximum absolute atomic E-state index is 11.0. The molecule has 0 radical (unpaired) electrons. The maximum Gasteiger partial charge on any atom is 0.151 e. The first-order chi connectivity index (χ1) is 9.58. The van der Waals surface area contributed by atoms with E-state index in [0.29, 0.717) is 13.0 Å². The fraction of sp³-hybridized carbons (Fsp3) is 0.267. The number of benzene rings is 1. The van der Waals surface area contributed by atoms with Gasteiger partial charge in [0.2, 0.25) is 0 Å². The van der Waals surface area contributed by atoms with E-state index in [9.17, 15) is 4.79 Å². The number of hydrogen-bond acceptors (Lipinski definition) is 4. The summed E-state index contributed by atoms with van der Waals surface area (Å²) in [5.41, 5.74) is 1.83. The van der Waals surface area contributed by atoms with Crippen molar-refractivity contribution in [3.63, 3.8) is 0 Å². The van der Waals surface area contributed by atoms with Gasteiger partial charge in [0.15, 0.2) is 5.82 Å². The van der Waals surface area contributed by atoms with Crippen LogP contribution in [0, 0.1) is 0 Å². The Kier molecular flexibility index (Phi) is 4.84. The minimum absolute atomic E-state index is 0.176. The summed E-state index contributed by atoms with van der Waals surface area (Å²) < 4.78 is 0.993. The average Bonchev–Trinajstić information content (AvgIpc) is 2.45. The van der Waals surface area contributed by atoms with Gasteiger partial charge in [-0.1, -0.05) is 34.1 Å². The molecule has 1 aromatic carbocycles. The van der Waals surface area contributed by atoms with Gasteiger partial charge in [-0.25, -0.2) is 0 Å². The molecule has 0 saturated heterocycles. The van der Waals surface area contributed by atoms with Crippen LogP contribution in [0.5, 0.6) is 0 Å². The third-order valence-corrected chi connectivity index (χ3v) is 3.68. The van der Waals surface area contributed by atoms with E-state index >= 15 is 0 Å². The number of aromatic nitrogens is 2. The van der Waals surface area contributed by atoms with E-state index in [0.717, 1.165) is 21.5 Å². The zero-order valence-corrected chi connectivity index (χ0v) is 13.1. The van der Waals surface area contributed by atoms with Crippen LogP contribution in [-0.2, 0) is 4.79 Å². The molecule has 2 rings (SSSR count). The molecule has 5 heteroatoms. The Morgan fingerprint density at radius 1 is 1.20 bits per heavy atom. The summed E-state index contributed by atoms with van der Waals surface area (Å²) in [6.07, 6.45) is 0.518. The molecule has 0 spiro atoms. The van der Waals surface area contributed by atoms with Gasteiger partial charge in [0, 0.05) is 30.0 Å². The largest absolute Gasteiger partial charge is 0.358 e. The summed E-state index contributed by atoms with van der Waals surface area (Å²) in [6.45, 7) is 2.24. The van der Waals surface area contributed by atoms with E-state index in [4.69, 9.17) is 0 Å². The molecular formula is C15H16BrN3O. The molecule has 0 aliphatic carbocycles. The lowest BCUT2D eigenvalue weighted by Crippen LogP contribution is -2.21. The number of hydrogen-bond donors (Lipinski definition) is 0. The highest BCUT2D eigenvalue weighted by atomic mass is 79.9. The monoisotopic (exact) mass is 333 g/mol. The van der Waals surface area contributed by atoms with Gasteiger partial charge in [0.25, 0.3) is 0 Å². The zero-order chi connectivity index (χ0) is 14.5. The second-order valence-corrected chi connectivity index (χ2v) is 5.48. The van der Waals surface area contributed by atoms with Crippen LogP contribution in [-0.4, -0.2) is 29.6 Å². The molecule has 0 saturated carbocycles. The van der Waals surface area contributed by atoms with E-state index in [2.05, 4.69) is 26.1 Å². The van der Waals surface area contributed by atoms with Crippen LogP contribution in [0.25, 0.3) is 11.3 Å². The SMILES string of the molecule is CC(=O)CCN(C)c1ccc(-c2ccccc2Br)nn1. The molecule has 20 heavy (non-hydrogen) atoms. The van der Waals surface area contributed by atoms with Crippen LogP contribution < -0.4 is 4.90 Å². The number of nitrogens with zero attached hydrogens (tertiary/aromatic N) is 3. The smallest absolute Gasteiger partial charge is 0.151 e. The minimum Gasteiger partial charge on any atom is -0.358 e. The van der Waals surface area contributed by atoms with Crippen LogP contribution >= 0.6 is 15.9 Å². The molecular weight excluding hydrogens is 318 g/mol. The maximum atomic E-state index is 11.0. The molecule has 0 aliphatic rings. The predicted molar refractivity (Wildman–Crippen MR) is 83.7 cm³/mol. The first kappa shape index (κ1) is 14.7. The van der Waals surface area contributed by atoms with Crippen molar-refractivity contribution in [1.29, 1.82) is 0 Å². The quantitative estimate of drug-likeness (QED) is 0.842. The number of rotatable bonds is 5. The Hall–Kier alpha value is -1.75. The Morgan fingerprint density at radius 3 is 2.55 bits per heavy atom. The van der Waals surface area contributed by atoms with Gasteiger partial charge in [0.05, 0.1) is 5.69 Å². The molecule has 1 aromatic heterocycles. The average molecular weight is 334 g/mol. The van der Waals surface area contributed by atoms with Crippen molar-refractivity contribution in [1.82, 2.24) is 10.2 Å². The number of ketones is 1. The topological polar surface area (TPSA) is 46.1 Å². The van der Waals surface area contributed by atoms with Gasteiger partial charge in [0.1, 0.15) is 5.78 Å². The first-order valence-corrected chi connectivity index (χ1v) is 7.16. The summed E-state index contributed by atoms with van der Waals surface area (Å²) in [6, 6.07) is 11.8. The summed E-state index contributed by atoms with van der Waals surface area (Å²) in [5.74, 6) is 0.941. The summed E-state index contributed by atoms with van der Waals surface area (Å²) in [7, 11) is 1.91. The summed E-state index contributed by atoms with van der Waals surface area (Å²) in [4.78, 5) is 12.9. The van der Waals surface area contributed by atoms with Gasteiger partial charge in [-0.05, 0) is 25.1 Å². The normalized spacial score (nSPS) is 10.3. The lowest BCUT2D eigenvalue weighted by Gasteiger charge is -2.16. The zero-order valence-electron chi connectivity index (χ0n) is 11.5. The predicted octanol–water partition coefficient (Wildman–Crippen LogP) is 3.32. The molecule has 0 bridgehead atoms. The summed E-state index contributed by atoms with van der Waals surface area (Å²) in [5, 5.41) is 8.47. The number of Topliss-reactive ketones (excluding diaryl/α,β-unsaturated/α-hetero) is 1. The Bertz CT molecular complexity index is 598. The van der Waals surface area contributed by atoms with Gasteiger partial charge in [-0.15, -0.1) is 10.2 Å². The molecule has 4 nitrogen and oxygen atoms in total. The van der Waals surface area contributed by atoms with Gasteiger partial charge < -0.3 is 4.90 Å². The van der Waals surface area contributed by atoms with E-state index in [-0.39, 0.29) is 5.78 Å². The van der Waals surface area contributed by atoms with Crippen LogP contribution in [0.15, 0.2) is 40.9 Å². The molecule has 104 valence electrons. The van der Waals surface area contributed by atoms with E-state index in [1.807, 2.05) is 48.3 Å². The van der Waals surface area contributed by atoms with Crippen LogP contribution in [0.3, 0.4) is 0 Å². The fourth-order valence-electron chi connectivity index (χ4n) is 1.78. The molecule has 2 aromatic rings. The second-order valence-electron chi connectivity index (χ2n) is 4.63. The van der Waals surface area contributed by atoms with Crippen molar-refractivity contribution in [2.24, 2.45) is 0 Å². The van der Waals surface area contributed by atoms with Crippen LogP contribution in [0.1, 0.15) is 13.3 Å². The van der Waals surface area contributed by atoms with Crippen molar-refractivity contribution in [2.75, 3.05) is 18.5 Å². The minimum atomic E-state index is 0.176. The highest BCUT2D eigenvalue weighted by molar-refractivity contribution is 9.10. The molecule has 0 atom stereocenters. The Morgan fingerprint density at radius 2 is 1.95 bits per heavy atom. The summed E-state index contributed by atoms with van der Waals surface area (Å²) >= 11 is 3.51. The van der Waals surface area contributed by atoms with E-state index in [1.54, 1.807) is 6.92 Å². The third-order valence-electron chi connectivity index (χ3n) is 2.99. The molecule has 0 unspecified atom stereocenters. The van der Waals surface area contributed by atoms with Crippen molar-refractivity contribution in [2.45, 2.75) is 13.3 Å². The Labute approximate surface area is 127 Å². The number of carbonyl (C=O) groups is 1. The van der Waals surface area contributed by atoms with Crippen molar-refractivity contribution >= 4 is 27.5 Å². The Balaban J connectivity index is 2.14. The standard InChI is InChI=1S/C15H16BrN3O/c1-11(20)9-10-19(2)15-8-7-14(17-18-15)12-5-3-4-6-13(12)16/h3-8H,9-10H2,1-2H3. The molecule has 0 amide bonds. The van der Waals surface area contributed by atoms with Crippen molar-refractivity contribution < 1.29 is 4.79 Å². The number of carbonyl (C=O) groups excluding carboxylic acids is 1. The van der Waals surface area contributed by atoms with Crippen LogP contribution in [0.2, 0.25) is 0 Å². The molecule has 0 aliphatic heterocycles. The van der Waals surface area contributed by atoms with Gasteiger partial charge >= 0.3 is 0 Å². The van der Waals surface area contributed by atoms with Crippen LogP contribution in [0.4, 0.5) is 5.82 Å². The van der Waals surface area contributed by atoms with Gasteiger partial charge in [-0.2, -0.15) is 0 Å². The lowest BCUT2D eigenvalue weighted by molar-refractivity contribution is -0.116. The highest BCUT2D eigenvalue weighted by Crippen LogP contribution is 2.26. The second kappa shape index (κ2) is 6.61. The van der Waals surface area contributed by atoms with E-state index in [1.165, 1.54) is 0 Å². The van der Waals surface area contributed by atoms with Gasteiger partial charge in [-0.3, -0.25) is 4.79 Å². The highest BCUT2D eigenvalue weighted by Gasteiger charge is 2.07. The molecule has 0 N–H and O–H groups in total.